The third kappa shape index (κ3) is 3.66. The largest absolute Gasteiger partial charge is 0.453 e. The molecule has 1 N–H and O–H groups in total. The van der Waals surface area contributed by atoms with Gasteiger partial charge in [0.15, 0.2) is 6.10 Å². The van der Waals surface area contributed by atoms with Crippen LogP contribution in [0, 0.1) is 23.7 Å². The van der Waals surface area contributed by atoms with Crippen molar-refractivity contribution in [1.82, 2.24) is 0 Å². The zero-order valence-corrected chi connectivity index (χ0v) is 18.0. The van der Waals surface area contributed by atoms with Crippen molar-refractivity contribution in [3.05, 3.63) is 44.8 Å². The molecule has 1 atom stereocenters. The summed E-state index contributed by atoms with van der Waals surface area (Å²) in [6.45, 7) is 3.93. The Hall–Kier alpha value is -1.65. The molecule has 4 fully saturated rings. The van der Waals surface area contributed by atoms with Crippen LogP contribution in [0.4, 0.5) is 0 Å². The normalized spacial score (nSPS) is 28.6. The van der Waals surface area contributed by atoms with Gasteiger partial charge in [0.1, 0.15) is 13.1 Å². The molecule has 0 spiro atoms. The number of esters is 1. The zero-order chi connectivity index (χ0) is 19.9. The Morgan fingerprint density at radius 1 is 1.14 bits per heavy atom. The molecule has 4 aliphatic rings. The third-order valence-electron chi connectivity index (χ3n) is 6.65. The minimum atomic E-state index is -1.72. The van der Waals surface area contributed by atoms with Crippen molar-refractivity contribution >= 4 is 28.6 Å². The molecule has 2 aromatic heterocycles. The maximum Gasteiger partial charge on any atom is 0.349 e. The number of nitrogens with zero attached hydrogens (tertiary/aromatic N) is 1. The molecule has 3 aliphatic heterocycles. The molecule has 1 saturated carbocycles. The summed E-state index contributed by atoms with van der Waals surface area (Å²) in [7, 11) is 0. The standard InChI is InChI=1S/C23H26NO3S2/c25-22(23(26,20-5-2-14-28-20)21-6-3-15-29-21)27-19-16-24(11-1-4-17-7-8-17)12-9-18(19)10-13-24/h2-3,5-6,14-15,17-19,26H,7-13,16H2/q+1/t18?,19-,24?/m0/s1. The number of piperidine rings is 3. The van der Waals surface area contributed by atoms with Crippen LogP contribution in [0.2, 0.25) is 0 Å². The first kappa shape index (κ1) is 19.3. The van der Waals surface area contributed by atoms with Gasteiger partial charge in [0.05, 0.1) is 22.8 Å². The Morgan fingerprint density at radius 2 is 1.79 bits per heavy atom. The number of carbonyl (C=O) groups is 1. The number of carbonyl (C=O) groups excluding carboxylic acids is 1. The summed E-state index contributed by atoms with van der Waals surface area (Å²) in [5.74, 6) is 7.28. The van der Waals surface area contributed by atoms with E-state index < -0.39 is 11.6 Å². The molecule has 1 aliphatic carbocycles. The molecule has 0 aromatic carbocycles. The first-order valence-corrected chi connectivity index (χ1v) is 12.2. The lowest BCUT2D eigenvalue weighted by atomic mass is 9.83. The summed E-state index contributed by atoms with van der Waals surface area (Å²) in [6.07, 6.45) is 4.50. The Balaban J connectivity index is 1.35. The molecule has 29 heavy (non-hydrogen) atoms. The van der Waals surface area contributed by atoms with E-state index in [0.29, 0.717) is 21.6 Å². The van der Waals surface area contributed by atoms with E-state index in [2.05, 4.69) is 11.8 Å². The van der Waals surface area contributed by atoms with Crippen molar-refractivity contribution in [2.24, 2.45) is 11.8 Å². The highest BCUT2D eigenvalue weighted by Gasteiger charge is 2.51. The highest BCUT2D eigenvalue weighted by atomic mass is 32.1. The molecule has 6 rings (SSSR count). The van der Waals surface area contributed by atoms with Crippen LogP contribution in [0.1, 0.15) is 35.4 Å². The SMILES string of the molecule is O=C(O[C@H]1C[N+]2(CC#CC3CC3)CCC1CC2)C(O)(c1cccs1)c1cccs1. The molecule has 6 heteroatoms. The second kappa shape index (κ2) is 7.55. The number of thiophene rings is 2. The van der Waals surface area contributed by atoms with Gasteiger partial charge in [-0.05, 0) is 41.7 Å². The van der Waals surface area contributed by atoms with E-state index in [1.54, 1.807) is 0 Å². The third-order valence-corrected chi connectivity index (χ3v) is 8.61. The predicted octanol–water partition coefficient (Wildman–Crippen LogP) is 3.61. The van der Waals surface area contributed by atoms with Crippen LogP contribution in [0.15, 0.2) is 35.0 Å². The minimum absolute atomic E-state index is 0.140. The first-order valence-electron chi connectivity index (χ1n) is 10.4. The fourth-order valence-corrected chi connectivity index (χ4v) is 6.39. The second-order valence-corrected chi connectivity index (χ2v) is 10.6. The Labute approximate surface area is 179 Å². The van der Waals surface area contributed by atoms with Gasteiger partial charge in [0.25, 0.3) is 0 Å². The highest BCUT2D eigenvalue weighted by Crippen LogP contribution is 2.40. The van der Waals surface area contributed by atoms with Crippen LogP contribution in [0.3, 0.4) is 0 Å². The second-order valence-electron chi connectivity index (χ2n) is 8.67. The molecule has 3 saturated heterocycles. The number of fused-ring (bicyclic) bond motifs is 3. The van der Waals surface area contributed by atoms with E-state index in [-0.39, 0.29) is 6.10 Å². The number of hydrogen-bond donors (Lipinski definition) is 1. The maximum atomic E-state index is 13.3. The average Bonchev–Trinajstić information content (AvgIpc) is 3.19. The number of hydrogen-bond acceptors (Lipinski definition) is 5. The first-order chi connectivity index (χ1) is 14.1. The zero-order valence-electron chi connectivity index (χ0n) is 16.4. The molecule has 0 unspecified atom stereocenters. The fraction of sp³-hybridized carbons (Fsp3) is 0.522. The van der Waals surface area contributed by atoms with Gasteiger partial charge in [-0.2, -0.15) is 0 Å². The van der Waals surface area contributed by atoms with Gasteiger partial charge in [-0.1, -0.05) is 18.1 Å². The maximum absolute atomic E-state index is 13.3. The van der Waals surface area contributed by atoms with E-state index in [9.17, 15) is 9.90 Å². The van der Waals surface area contributed by atoms with Crippen LogP contribution in [0.25, 0.3) is 0 Å². The molecule has 2 bridgehead atoms. The van der Waals surface area contributed by atoms with Gasteiger partial charge in [-0.15, -0.1) is 22.7 Å². The fourth-order valence-electron chi connectivity index (χ4n) is 4.68. The summed E-state index contributed by atoms with van der Waals surface area (Å²) in [5, 5.41) is 15.3. The van der Waals surface area contributed by atoms with Crippen LogP contribution in [0.5, 0.6) is 0 Å². The number of aliphatic hydroxyl groups is 1. The molecule has 2 aromatic rings. The molecule has 152 valence electrons. The monoisotopic (exact) mass is 428 g/mol. The molecular weight excluding hydrogens is 402 g/mol. The van der Waals surface area contributed by atoms with Gasteiger partial charge < -0.3 is 14.3 Å². The van der Waals surface area contributed by atoms with Crippen molar-refractivity contribution in [3.8, 4) is 11.8 Å². The van der Waals surface area contributed by atoms with E-state index in [1.165, 1.54) is 35.5 Å². The lowest BCUT2D eigenvalue weighted by Gasteiger charge is -2.51. The minimum Gasteiger partial charge on any atom is -0.453 e. The molecule has 5 heterocycles. The summed E-state index contributed by atoms with van der Waals surface area (Å²) in [6, 6.07) is 7.34. The number of ether oxygens (including phenoxy) is 1. The summed E-state index contributed by atoms with van der Waals surface area (Å²) >= 11 is 2.77. The average molecular weight is 429 g/mol. The molecular formula is C23H26NO3S2+. The Morgan fingerprint density at radius 3 is 2.34 bits per heavy atom. The number of rotatable bonds is 5. The molecule has 4 nitrogen and oxygen atoms in total. The van der Waals surface area contributed by atoms with Gasteiger partial charge in [-0.25, -0.2) is 4.79 Å². The van der Waals surface area contributed by atoms with Gasteiger partial charge in [-0.3, -0.25) is 0 Å². The van der Waals surface area contributed by atoms with Gasteiger partial charge >= 0.3 is 5.97 Å². The molecule has 0 amide bonds. The van der Waals surface area contributed by atoms with Crippen LogP contribution in [-0.2, 0) is 15.1 Å². The predicted molar refractivity (Wildman–Crippen MR) is 114 cm³/mol. The molecule has 0 radical (unpaired) electrons. The quantitative estimate of drug-likeness (QED) is 0.450. The van der Waals surface area contributed by atoms with Gasteiger partial charge in [0.2, 0.25) is 5.60 Å². The van der Waals surface area contributed by atoms with Crippen molar-refractivity contribution in [2.75, 3.05) is 26.2 Å². The van der Waals surface area contributed by atoms with Crippen LogP contribution in [-0.4, -0.2) is 47.8 Å². The summed E-state index contributed by atoms with van der Waals surface area (Å²) in [4.78, 5) is 14.6. The van der Waals surface area contributed by atoms with Crippen LogP contribution >= 0.6 is 22.7 Å². The topological polar surface area (TPSA) is 46.5 Å². The lowest BCUT2D eigenvalue weighted by Crippen LogP contribution is -2.65. The smallest absolute Gasteiger partial charge is 0.349 e. The highest BCUT2D eigenvalue weighted by molar-refractivity contribution is 7.12. The van der Waals surface area contributed by atoms with E-state index in [0.717, 1.165) is 43.5 Å². The van der Waals surface area contributed by atoms with Crippen molar-refractivity contribution < 1.29 is 19.1 Å². The van der Waals surface area contributed by atoms with Crippen molar-refractivity contribution in [2.45, 2.75) is 37.4 Å². The van der Waals surface area contributed by atoms with Crippen molar-refractivity contribution in [1.29, 1.82) is 0 Å². The lowest BCUT2D eigenvalue weighted by molar-refractivity contribution is -0.939. The van der Waals surface area contributed by atoms with E-state index >= 15 is 0 Å². The van der Waals surface area contributed by atoms with E-state index in [1.807, 2.05) is 35.0 Å². The summed E-state index contributed by atoms with van der Waals surface area (Å²) in [5.41, 5.74) is -1.72. The van der Waals surface area contributed by atoms with Gasteiger partial charge in [0, 0.05) is 24.7 Å². The Kier molecular flexibility index (Phi) is 5.03. The van der Waals surface area contributed by atoms with Crippen molar-refractivity contribution in [3.63, 3.8) is 0 Å². The Bertz CT molecular complexity index is 879. The number of quaternary nitrogens is 1. The van der Waals surface area contributed by atoms with Crippen LogP contribution < -0.4 is 0 Å². The summed E-state index contributed by atoms with van der Waals surface area (Å²) < 4.78 is 7.00. The van der Waals surface area contributed by atoms with E-state index in [4.69, 9.17) is 4.74 Å².